The quantitative estimate of drug-likeness (QED) is 0.831. The second kappa shape index (κ2) is 6.33. The molecule has 25 heavy (non-hydrogen) atoms. The highest BCUT2D eigenvalue weighted by Gasteiger charge is 2.39. The van der Waals surface area contributed by atoms with Gasteiger partial charge >= 0.3 is 5.97 Å². The molecule has 0 bridgehead atoms. The summed E-state index contributed by atoms with van der Waals surface area (Å²) in [5.74, 6) is -0.223. The number of aromatic nitrogens is 3. The lowest BCUT2D eigenvalue weighted by Gasteiger charge is -2.46. The van der Waals surface area contributed by atoms with Gasteiger partial charge in [0, 0.05) is 19.3 Å². The van der Waals surface area contributed by atoms with Gasteiger partial charge in [-0.2, -0.15) is 5.26 Å². The number of nitriles is 1. The largest absolute Gasteiger partial charge is 0.478 e. The summed E-state index contributed by atoms with van der Waals surface area (Å²) in [5, 5.41) is 21.1. The van der Waals surface area contributed by atoms with Gasteiger partial charge < -0.3 is 20.1 Å². The van der Waals surface area contributed by atoms with Crippen molar-refractivity contribution in [3.8, 4) is 6.07 Å². The maximum atomic E-state index is 11.5. The van der Waals surface area contributed by atoms with E-state index in [1.54, 1.807) is 6.07 Å². The molecule has 0 saturated carbocycles. The Bertz CT molecular complexity index is 842. The Kier molecular flexibility index (Phi) is 4.21. The van der Waals surface area contributed by atoms with Crippen LogP contribution in [0.2, 0.25) is 0 Å². The third-order valence-electron chi connectivity index (χ3n) is 4.13. The highest BCUT2D eigenvalue weighted by Crippen LogP contribution is 2.32. The Balaban J connectivity index is 1.91. The lowest BCUT2D eigenvalue weighted by Crippen LogP contribution is -2.59. The van der Waals surface area contributed by atoms with Gasteiger partial charge in [0.15, 0.2) is 5.69 Å². The highest BCUT2D eigenvalue weighted by atomic mass is 16.5. The van der Waals surface area contributed by atoms with Crippen molar-refractivity contribution in [1.29, 1.82) is 5.26 Å². The molecule has 2 N–H and O–H groups in total. The molecule has 1 aliphatic rings. The van der Waals surface area contributed by atoms with Crippen LogP contribution in [0.15, 0.2) is 24.7 Å². The number of nitrogens with zero attached hydrogens (tertiary/aromatic N) is 5. The van der Waals surface area contributed by atoms with Crippen LogP contribution in [-0.2, 0) is 4.74 Å². The molecule has 1 aliphatic heterocycles. The van der Waals surface area contributed by atoms with Gasteiger partial charge in [0.25, 0.3) is 0 Å². The number of hydrogen-bond donors (Lipinski definition) is 2. The van der Waals surface area contributed by atoms with Crippen molar-refractivity contribution >= 4 is 23.3 Å². The summed E-state index contributed by atoms with van der Waals surface area (Å²) >= 11 is 0. The topological polar surface area (TPSA) is 124 Å². The molecule has 3 rings (SSSR count). The number of rotatable bonds is 5. The molecule has 0 radical (unpaired) electrons. The first kappa shape index (κ1) is 16.6. The van der Waals surface area contributed by atoms with Crippen molar-refractivity contribution in [2.75, 3.05) is 30.5 Å². The number of pyridine rings is 1. The summed E-state index contributed by atoms with van der Waals surface area (Å²) in [5.41, 5.74) is 0.569. The zero-order chi connectivity index (χ0) is 18.0. The molecule has 0 aromatic carbocycles. The molecule has 1 fully saturated rings. The van der Waals surface area contributed by atoms with Crippen LogP contribution in [-0.4, -0.2) is 51.8 Å². The normalized spacial score (nSPS) is 14.9. The van der Waals surface area contributed by atoms with E-state index in [9.17, 15) is 9.90 Å². The Hall–Kier alpha value is -3.25. The van der Waals surface area contributed by atoms with E-state index < -0.39 is 5.97 Å². The van der Waals surface area contributed by atoms with Gasteiger partial charge in [-0.05, 0) is 6.92 Å². The molecule has 2 aromatic heterocycles. The summed E-state index contributed by atoms with van der Waals surface area (Å²) in [4.78, 5) is 25.5. The molecule has 0 aliphatic carbocycles. The van der Waals surface area contributed by atoms with Crippen LogP contribution in [0.5, 0.6) is 0 Å². The summed E-state index contributed by atoms with van der Waals surface area (Å²) in [6.45, 7) is 3.05. The molecule has 3 heterocycles. The van der Waals surface area contributed by atoms with Gasteiger partial charge in [-0.1, -0.05) is 0 Å². The monoisotopic (exact) mass is 340 g/mol. The maximum absolute atomic E-state index is 11.5. The first-order valence-corrected chi connectivity index (χ1v) is 7.47. The van der Waals surface area contributed by atoms with E-state index in [2.05, 4.69) is 20.3 Å². The fourth-order valence-electron chi connectivity index (χ4n) is 2.42. The van der Waals surface area contributed by atoms with Gasteiger partial charge in [-0.3, -0.25) is 0 Å². The van der Waals surface area contributed by atoms with Crippen LogP contribution in [0.4, 0.5) is 17.3 Å². The lowest BCUT2D eigenvalue weighted by molar-refractivity contribution is -0.0455. The van der Waals surface area contributed by atoms with Gasteiger partial charge in [-0.15, -0.1) is 0 Å². The second-order valence-electron chi connectivity index (χ2n) is 5.96. The number of likely N-dealkylation sites (N-methyl/N-ethyl adjacent to an activating group) is 1. The number of nitrogens with one attached hydrogen (secondary N) is 1. The maximum Gasteiger partial charge on any atom is 0.339 e. The van der Waals surface area contributed by atoms with Crippen LogP contribution in [0.1, 0.15) is 23.0 Å². The Labute approximate surface area is 143 Å². The number of ether oxygens (including phenoxy) is 1. The minimum atomic E-state index is -1.05. The summed E-state index contributed by atoms with van der Waals surface area (Å²) in [6, 6.07) is 3.54. The van der Waals surface area contributed by atoms with E-state index in [0.717, 1.165) is 0 Å². The first-order chi connectivity index (χ1) is 11.9. The fourth-order valence-corrected chi connectivity index (χ4v) is 2.42. The number of aromatic carboxylic acids is 1. The number of anilines is 3. The van der Waals surface area contributed by atoms with E-state index >= 15 is 0 Å². The van der Waals surface area contributed by atoms with E-state index in [1.165, 1.54) is 18.6 Å². The van der Waals surface area contributed by atoms with E-state index in [0.29, 0.717) is 30.5 Å². The molecule has 128 valence electrons. The minimum absolute atomic E-state index is 0.104. The van der Waals surface area contributed by atoms with E-state index in [-0.39, 0.29) is 16.8 Å². The predicted molar refractivity (Wildman–Crippen MR) is 88.9 cm³/mol. The second-order valence-corrected chi connectivity index (χ2v) is 5.96. The van der Waals surface area contributed by atoms with Gasteiger partial charge in [0.2, 0.25) is 0 Å². The average molecular weight is 340 g/mol. The van der Waals surface area contributed by atoms with Crippen LogP contribution in [0, 0.1) is 11.3 Å². The van der Waals surface area contributed by atoms with Gasteiger partial charge in [0.1, 0.15) is 23.3 Å². The number of hydrogen-bond acceptors (Lipinski definition) is 8. The van der Waals surface area contributed by atoms with Crippen molar-refractivity contribution in [3.63, 3.8) is 0 Å². The third-order valence-corrected chi connectivity index (χ3v) is 4.13. The standard InChI is InChI=1S/C16H16N6O3/c1-16(8-25-9-16)22(2)12-3-13(20-6-11(12)15(23)24)21-14-7-18-10(4-17)5-19-14/h3,5-7H,8-9H2,1-2H3,(H,23,24)(H,19,20,21). The van der Waals surface area contributed by atoms with Crippen molar-refractivity contribution < 1.29 is 14.6 Å². The molecule has 2 aromatic rings. The number of carboxylic acids is 1. The van der Waals surface area contributed by atoms with Crippen LogP contribution >= 0.6 is 0 Å². The summed E-state index contributed by atoms with van der Waals surface area (Å²) in [6.07, 6.45) is 4.06. The fraction of sp³-hybridized carbons (Fsp3) is 0.312. The van der Waals surface area contributed by atoms with Crippen molar-refractivity contribution in [1.82, 2.24) is 15.0 Å². The number of carbonyl (C=O) groups is 1. The Morgan fingerprint density at radius 3 is 2.56 bits per heavy atom. The van der Waals surface area contributed by atoms with Crippen LogP contribution in [0.25, 0.3) is 0 Å². The summed E-state index contributed by atoms with van der Waals surface area (Å²) < 4.78 is 5.26. The zero-order valence-corrected chi connectivity index (χ0v) is 13.7. The molecular formula is C16H16N6O3. The smallest absolute Gasteiger partial charge is 0.339 e. The van der Waals surface area contributed by atoms with Crippen LogP contribution < -0.4 is 10.2 Å². The zero-order valence-electron chi connectivity index (χ0n) is 13.7. The predicted octanol–water partition coefficient (Wildman–Crippen LogP) is 1.41. The molecule has 0 amide bonds. The molecule has 0 unspecified atom stereocenters. The van der Waals surface area contributed by atoms with Crippen molar-refractivity contribution in [3.05, 3.63) is 35.9 Å². The van der Waals surface area contributed by atoms with Crippen LogP contribution in [0.3, 0.4) is 0 Å². The Morgan fingerprint density at radius 1 is 1.32 bits per heavy atom. The minimum Gasteiger partial charge on any atom is -0.478 e. The van der Waals surface area contributed by atoms with E-state index in [1.807, 2.05) is 24.9 Å². The molecule has 0 atom stereocenters. The SMILES string of the molecule is CN(c1cc(Nc2cnc(C#N)cn2)ncc1C(=O)O)C1(C)COC1. The van der Waals surface area contributed by atoms with E-state index in [4.69, 9.17) is 10.00 Å². The third kappa shape index (κ3) is 3.20. The summed E-state index contributed by atoms with van der Waals surface area (Å²) in [7, 11) is 1.83. The van der Waals surface area contributed by atoms with Crippen molar-refractivity contribution in [2.24, 2.45) is 0 Å². The lowest BCUT2D eigenvalue weighted by atomic mass is 9.97. The van der Waals surface area contributed by atoms with Crippen molar-refractivity contribution in [2.45, 2.75) is 12.5 Å². The Morgan fingerprint density at radius 2 is 2.04 bits per heavy atom. The molecular weight excluding hydrogens is 324 g/mol. The number of carboxylic acid groups (broad SMARTS) is 1. The molecule has 0 spiro atoms. The molecule has 9 heteroatoms. The molecule has 1 saturated heterocycles. The highest BCUT2D eigenvalue weighted by molar-refractivity contribution is 5.95. The van der Waals surface area contributed by atoms with Gasteiger partial charge in [-0.25, -0.2) is 19.7 Å². The first-order valence-electron chi connectivity index (χ1n) is 7.47. The van der Waals surface area contributed by atoms with Gasteiger partial charge in [0.05, 0.1) is 36.8 Å². The average Bonchev–Trinajstić information content (AvgIpc) is 2.59. The molecule has 9 nitrogen and oxygen atoms in total.